The van der Waals surface area contributed by atoms with E-state index >= 15 is 0 Å². The summed E-state index contributed by atoms with van der Waals surface area (Å²) in [5.41, 5.74) is 9.32. The first-order chi connectivity index (χ1) is 10.0. The topological polar surface area (TPSA) is 60.0 Å². The van der Waals surface area contributed by atoms with Gasteiger partial charge in [-0.3, -0.25) is 4.79 Å². The zero-order valence-corrected chi connectivity index (χ0v) is 12.5. The largest absolute Gasteiger partial charge is 0.399 e. The first kappa shape index (κ1) is 13.7. The summed E-state index contributed by atoms with van der Waals surface area (Å²) >= 11 is 0. The third-order valence-electron chi connectivity index (χ3n) is 3.79. The Kier molecular flexibility index (Phi) is 3.45. The van der Waals surface area contributed by atoms with Gasteiger partial charge >= 0.3 is 0 Å². The highest BCUT2D eigenvalue weighted by Crippen LogP contribution is 2.26. The molecule has 0 spiro atoms. The summed E-state index contributed by atoms with van der Waals surface area (Å²) < 4.78 is 2.03. The van der Waals surface area contributed by atoms with Crippen molar-refractivity contribution in [2.75, 3.05) is 5.73 Å². The number of hydrogen-bond donors (Lipinski definition) is 2. The molecule has 0 aliphatic heterocycles. The van der Waals surface area contributed by atoms with Crippen molar-refractivity contribution in [3.63, 3.8) is 0 Å². The molecule has 1 aliphatic carbocycles. The van der Waals surface area contributed by atoms with E-state index in [0.29, 0.717) is 6.04 Å². The van der Waals surface area contributed by atoms with Crippen LogP contribution in [0.3, 0.4) is 0 Å². The Morgan fingerprint density at radius 2 is 1.90 bits per heavy atom. The Morgan fingerprint density at radius 3 is 2.48 bits per heavy atom. The van der Waals surface area contributed by atoms with Crippen LogP contribution in [0.1, 0.15) is 43.2 Å². The minimum Gasteiger partial charge on any atom is -0.399 e. The van der Waals surface area contributed by atoms with Crippen molar-refractivity contribution in [2.24, 2.45) is 0 Å². The summed E-state index contributed by atoms with van der Waals surface area (Å²) in [7, 11) is 0. The standard InChI is InChI=1S/C17H21N3O/c1-11(2)20-10-13(12-3-5-14(18)6-4-12)9-16(20)17(21)19-15-7-8-15/h3-6,9-11,15H,7-8,18H2,1-2H3,(H,19,21). The van der Waals surface area contributed by atoms with Crippen molar-refractivity contribution < 1.29 is 4.79 Å². The van der Waals surface area contributed by atoms with E-state index in [1.807, 2.05) is 41.1 Å². The molecular formula is C17H21N3O. The molecule has 0 radical (unpaired) electrons. The molecule has 1 heterocycles. The lowest BCUT2D eigenvalue weighted by Gasteiger charge is -2.12. The van der Waals surface area contributed by atoms with Crippen molar-refractivity contribution in [1.29, 1.82) is 0 Å². The molecule has 1 amide bonds. The molecule has 1 aromatic carbocycles. The lowest BCUT2D eigenvalue weighted by molar-refractivity contribution is 0.0940. The van der Waals surface area contributed by atoms with E-state index in [4.69, 9.17) is 5.73 Å². The van der Waals surface area contributed by atoms with Crippen LogP contribution in [-0.2, 0) is 0 Å². The second kappa shape index (κ2) is 5.28. The molecule has 3 rings (SSSR count). The van der Waals surface area contributed by atoms with E-state index in [-0.39, 0.29) is 11.9 Å². The van der Waals surface area contributed by atoms with Crippen LogP contribution in [0.25, 0.3) is 11.1 Å². The highest BCUT2D eigenvalue weighted by Gasteiger charge is 2.25. The van der Waals surface area contributed by atoms with Gasteiger partial charge in [0.1, 0.15) is 5.69 Å². The third kappa shape index (κ3) is 2.94. The number of anilines is 1. The van der Waals surface area contributed by atoms with Gasteiger partial charge in [-0.15, -0.1) is 0 Å². The lowest BCUT2D eigenvalue weighted by atomic mass is 10.1. The Labute approximate surface area is 125 Å². The average Bonchev–Trinajstić information content (AvgIpc) is 3.14. The van der Waals surface area contributed by atoms with Crippen LogP contribution in [0.2, 0.25) is 0 Å². The quantitative estimate of drug-likeness (QED) is 0.846. The smallest absolute Gasteiger partial charge is 0.268 e. The summed E-state index contributed by atoms with van der Waals surface area (Å²) in [5, 5.41) is 3.06. The number of aromatic nitrogens is 1. The van der Waals surface area contributed by atoms with Crippen LogP contribution in [0.5, 0.6) is 0 Å². The molecule has 0 unspecified atom stereocenters. The first-order valence-corrected chi connectivity index (χ1v) is 7.43. The van der Waals surface area contributed by atoms with Gasteiger partial charge in [0.25, 0.3) is 5.91 Å². The number of hydrogen-bond acceptors (Lipinski definition) is 2. The van der Waals surface area contributed by atoms with Gasteiger partial charge in [-0.2, -0.15) is 0 Å². The van der Waals surface area contributed by atoms with Crippen LogP contribution in [0.15, 0.2) is 36.5 Å². The lowest BCUT2D eigenvalue weighted by Crippen LogP contribution is -2.27. The molecule has 1 saturated carbocycles. The van der Waals surface area contributed by atoms with Gasteiger partial charge in [-0.25, -0.2) is 0 Å². The summed E-state index contributed by atoms with van der Waals surface area (Å²) in [4.78, 5) is 12.4. The van der Waals surface area contributed by atoms with Crippen molar-refractivity contribution in [3.8, 4) is 11.1 Å². The summed E-state index contributed by atoms with van der Waals surface area (Å²) in [6.07, 6.45) is 4.23. The van der Waals surface area contributed by atoms with E-state index < -0.39 is 0 Å². The predicted molar refractivity (Wildman–Crippen MR) is 85.2 cm³/mol. The van der Waals surface area contributed by atoms with E-state index in [1.54, 1.807) is 0 Å². The molecular weight excluding hydrogens is 262 g/mol. The van der Waals surface area contributed by atoms with Gasteiger partial charge < -0.3 is 15.6 Å². The molecule has 4 nitrogen and oxygen atoms in total. The van der Waals surface area contributed by atoms with Crippen molar-refractivity contribution >= 4 is 11.6 Å². The number of nitrogens with two attached hydrogens (primary N) is 1. The highest BCUT2D eigenvalue weighted by molar-refractivity contribution is 5.94. The zero-order valence-electron chi connectivity index (χ0n) is 12.5. The van der Waals surface area contributed by atoms with Gasteiger partial charge in [0.2, 0.25) is 0 Å². The Balaban J connectivity index is 1.95. The number of amides is 1. The van der Waals surface area contributed by atoms with Crippen LogP contribution >= 0.6 is 0 Å². The summed E-state index contributed by atoms with van der Waals surface area (Å²) in [6, 6.07) is 10.3. The number of benzene rings is 1. The van der Waals surface area contributed by atoms with Crippen molar-refractivity contribution in [2.45, 2.75) is 38.8 Å². The summed E-state index contributed by atoms with van der Waals surface area (Å²) in [6.45, 7) is 4.17. The maximum atomic E-state index is 12.4. The van der Waals surface area contributed by atoms with Crippen LogP contribution in [-0.4, -0.2) is 16.5 Å². The fourth-order valence-corrected chi connectivity index (χ4v) is 2.41. The number of nitrogens with one attached hydrogen (secondary N) is 1. The van der Waals surface area contributed by atoms with Gasteiger partial charge in [0.15, 0.2) is 0 Å². The van der Waals surface area contributed by atoms with E-state index in [2.05, 4.69) is 19.2 Å². The Hall–Kier alpha value is -2.23. The monoisotopic (exact) mass is 283 g/mol. The molecule has 21 heavy (non-hydrogen) atoms. The minimum absolute atomic E-state index is 0.0212. The SMILES string of the molecule is CC(C)n1cc(-c2ccc(N)cc2)cc1C(=O)NC1CC1. The number of carbonyl (C=O) groups is 1. The maximum Gasteiger partial charge on any atom is 0.268 e. The highest BCUT2D eigenvalue weighted by atomic mass is 16.2. The van der Waals surface area contributed by atoms with Gasteiger partial charge in [0, 0.05) is 29.5 Å². The molecule has 4 heteroatoms. The molecule has 0 atom stereocenters. The predicted octanol–water partition coefficient (Wildman–Crippen LogP) is 3.21. The fourth-order valence-electron chi connectivity index (χ4n) is 2.41. The second-order valence-corrected chi connectivity index (χ2v) is 5.98. The molecule has 0 bridgehead atoms. The molecule has 3 N–H and O–H groups in total. The molecule has 1 aliphatic rings. The van der Waals surface area contributed by atoms with Gasteiger partial charge in [-0.05, 0) is 50.5 Å². The Morgan fingerprint density at radius 1 is 1.24 bits per heavy atom. The van der Waals surface area contributed by atoms with Gasteiger partial charge in [0.05, 0.1) is 0 Å². The van der Waals surface area contributed by atoms with E-state index in [0.717, 1.165) is 35.3 Å². The van der Waals surface area contributed by atoms with Gasteiger partial charge in [-0.1, -0.05) is 12.1 Å². The molecule has 110 valence electrons. The van der Waals surface area contributed by atoms with Crippen LogP contribution in [0, 0.1) is 0 Å². The molecule has 1 fully saturated rings. The van der Waals surface area contributed by atoms with E-state index in [9.17, 15) is 4.79 Å². The van der Waals surface area contributed by atoms with Crippen molar-refractivity contribution in [1.82, 2.24) is 9.88 Å². The average molecular weight is 283 g/mol. The number of carbonyl (C=O) groups excluding carboxylic acids is 1. The summed E-state index contributed by atoms with van der Waals surface area (Å²) in [5.74, 6) is 0.0212. The normalized spacial score (nSPS) is 14.4. The zero-order chi connectivity index (χ0) is 15.0. The first-order valence-electron chi connectivity index (χ1n) is 7.43. The number of nitrogens with zero attached hydrogens (tertiary/aromatic N) is 1. The maximum absolute atomic E-state index is 12.4. The van der Waals surface area contributed by atoms with Crippen LogP contribution in [0.4, 0.5) is 5.69 Å². The molecule has 0 saturated heterocycles. The molecule has 1 aromatic heterocycles. The minimum atomic E-state index is 0.0212. The van der Waals surface area contributed by atoms with Crippen molar-refractivity contribution in [3.05, 3.63) is 42.2 Å². The fraction of sp³-hybridized carbons (Fsp3) is 0.353. The van der Waals surface area contributed by atoms with E-state index in [1.165, 1.54) is 0 Å². The number of nitrogen functional groups attached to an aromatic ring is 1. The number of rotatable bonds is 4. The Bertz CT molecular complexity index is 651. The van der Waals surface area contributed by atoms with Crippen LogP contribution < -0.4 is 11.1 Å². The molecule has 2 aromatic rings. The third-order valence-corrected chi connectivity index (χ3v) is 3.79. The second-order valence-electron chi connectivity index (χ2n) is 5.98.